The first-order valence-electron chi connectivity index (χ1n) is 4.69. The fourth-order valence-corrected chi connectivity index (χ4v) is 3.13. The Balaban J connectivity index is 2.31. The van der Waals surface area contributed by atoms with Gasteiger partial charge in [-0.25, -0.2) is 0 Å². The molecular formula is C10H14O4P+. The maximum Gasteiger partial charge on any atom is 0.571 e. The van der Waals surface area contributed by atoms with Crippen molar-refractivity contribution < 1.29 is 18.8 Å². The zero-order valence-electron chi connectivity index (χ0n) is 8.62. The van der Waals surface area contributed by atoms with Gasteiger partial charge < -0.3 is 0 Å². The van der Waals surface area contributed by atoms with E-state index in [1.807, 2.05) is 30.3 Å². The Hall–Kier alpha value is -0.510. The van der Waals surface area contributed by atoms with E-state index in [1.54, 1.807) is 13.8 Å². The van der Waals surface area contributed by atoms with Crippen LogP contribution in [-0.4, -0.2) is 15.4 Å². The van der Waals surface area contributed by atoms with Crippen molar-refractivity contribution in [1.82, 2.24) is 0 Å². The molecule has 2 rings (SSSR count). The molecule has 1 aliphatic rings. The van der Waals surface area contributed by atoms with Crippen LogP contribution in [-0.2, 0) is 9.05 Å². The monoisotopic (exact) mass is 229 g/mol. The SMILES string of the molecule is CC1(C)O[P+](O)(O)OC1c1ccccc1. The lowest BCUT2D eigenvalue weighted by Gasteiger charge is -2.17. The molecule has 1 heterocycles. The Morgan fingerprint density at radius 1 is 1.20 bits per heavy atom. The Bertz CT molecular complexity index is 350. The first kappa shape index (κ1) is 11.0. The van der Waals surface area contributed by atoms with Crippen LogP contribution in [0.4, 0.5) is 0 Å². The molecule has 0 bridgehead atoms. The summed E-state index contributed by atoms with van der Waals surface area (Å²) in [4.78, 5) is 18.8. The third-order valence-corrected chi connectivity index (χ3v) is 3.52. The smallest absolute Gasteiger partial charge is 0.168 e. The fourth-order valence-electron chi connectivity index (χ4n) is 1.73. The lowest BCUT2D eigenvalue weighted by Crippen LogP contribution is -2.25. The van der Waals surface area contributed by atoms with E-state index < -0.39 is 19.9 Å². The van der Waals surface area contributed by atoms with Crippen molar-refractivity contribution >= 4 is 8.17 Å². The largest absolute Gasteiger partial charge is 0.571 e. The standard InChI is InChI=1S/C10H14O4P/c1-10(2)9(13-15(11,12)14-10)8-6-4-3-5-7-8/h3-7,9,11-12H,1-2H3/q+1. The van der Waals surface area contributed by atoms with Crippen molar-refractivity contribution in [2.24, 2.45) is 0 Å². The molecule has 0 amide bonds. The minimum atomic E-state index is -3.64. The average Bonchev–Trinajstić information content (AvgIpc) is 2.36. The van der Waals surface area contributed by atoms with Crippen LogP contribution in [0, 0.1) is 0 Å². The lowest BCUT2D eigenvalue weighted by molar-refractivity contribution is 0.0706. The molecule has 1 fully saturated rings. The molecule has 2 N–H and O–H groups in total. The maximum atomic E-state index is 9.38. The second-order valence-electron chi connectivity index (χ2n) is 4.08. The van der Waals surface area contributed by atoms with Gasteiger partial charge in [-0.3, -0.25) is 0 Å². The first-order chi connectivity index (χ1) is 6.91. The Kier molecular flexibility index (Phi) is 2.57. The van der Waals surface area contributed by atoms with Gasteiger partial charge in [-0.2, -0.15) is 9.79 Å². The molecule has 1 aliphatic heterocycles. The highest BCUT2D eigenvalue weighted by molar-refractivity contribution is 7.54. The molecule has 82 valence electrons. The average molecular weight is 229 g/mol. The van der Waals surface area contributed by atoms with Crippen LogP contribution >= 0.6 is 8.17 Å². The van der Waals surface area contributed by atoms with Gasteiger partial charge in [0.15, 0.2) is 11.7 Å². The predicted octanol–water partition coefficient (Wildman–Crippen LogP) is 2.22. The minimum absolute atomic E-state index is 0.443. The number of hydrogen-bond acceptors (Lipinski definition) is 4. The van der Waals surface area contributed by atoms with Crippen molar-refractivity contribution in [1.29, 1.82) is 0 Å². The summed E-state index contributed by atoms with van der Waals surface area (Å²) in [5, 5.41) is 0. The van der Waals surface area contributed by atoms with Crippen molar-refractivity contribution in [2.45, 2.75) is 25.6 Å². The molecular weight excluding hydrogens is 215 g/mol. The third-order valence-electron chi connectivity index (χ3n) is 2.33. The molecule has 1 atom stereocenters. The highest BCUT2D eigenvalue weighted by Gasteiger charge is 2.61. The van der Waals surface area contributed by atoms with Crippen LogP contribution < -0.4 is 0 Å². The Morgan fingerprint density at radius 3 is 2.27 bits per heavy atom. The molecule has 1 unspecified atom stereocenters. The zero-order chi connectivity index (χ0) is 11.1. The van der Waals surface area contributed by atoms with Crippen LogP contribution in [0.15, 0.2) is 30.3 Å². The molecule has 1 aromatic carbocycles. The first-order valence-corrected chi connectivity index (χ1v) is 6.22. The summed E-state index contributed by atoms with van der Waals surface area (Å²) in [7, 11) is -3.64. The van der Waals surface area contributed by atoms with Crippen LogP contribution in [0.3, 0.4) is 0 Å². The van der Waals surface area contributed by atoms with E-state index in [0.29, 0.717) is 0 Å². The zero-order valence-corrected chi connectivity index (χ0v) is 9.52. The second-order valence-corrected chi connectivity index (χ2v) is 5.46. The fraction of sp³-hybridized carbons (Fsp3) is 0.400. The highest BCUT2D eigenvalue weighted by Crippen LogP contribution is 2.67. The quantitative estimate of drug-likeness (QED) is 0.725. The van der Waals surface area contributed by atoms with Gasteiger partial charge in [-0.05, 0) is 19.4 Å². The van der Waals surface area contributed by atoms with Crippen molar-refractivity contribution in [3.8, 4) is 0 Å². The molecule has 15 heavy (non-hydrogen) atoms. The van der Waals surface area contributed by atoms with Crippen LogP contribution in [0.2, 0.25) is 0 Å². The van der Waals surface area contributed by atoms with Gasteiger partial charge in [0.25, 0.3) is 0 Å². The number of hydrogen-bond donors (Lipinski definition) is 2. The summed E-state index contributed by atoms with van der Waals surface area (Å²) in [5.41, 5.74) is 0.158. The maximum absolute atomic E-state index is 9.38. The van der Waals surface area contributed by atoms with Crippen molar-refractivity contribution in [2.75, 3.05) is 0 Å². The minimum Gasteiger partial charge on any atom is -0.168 e. The van der Waals surface area contributed by atoms with Gasteiger partial charge in [0.05, 0.1) is 0 Å². The predicted molar refractivity (Wildman–Crippen MR) is 56.8 cm³/mol. The summed E-state index contributed by atoms with van der Waals surface area (Å²) in [6.45, 7) is 3.55. The van der Waals surface area contributed by atoms with Gasteiger partial charge in [-0.15, -0.1) is 9.05 Å². The van der Waals surface area contributed by atoms with Crippen molar-refractivity contribution in [3.05, 3.63) is 35.9 Å². The van der Waals surface area contributed by atoms with Gasteiger partial charge in [-0.1, -0.05) is 30.3 Å². The summed E-state index contributed by atoms with van der Waals surface area (Å²) >= 11 is 0. The van der Waals surface area contributed by atoms with Gasteiger partial charge in [0.2, 0.25) is 0 Å². The summed E-state index contributed by atoms with van der Waals surface area (Å²) < 4.78 is 10.3. The van der Waals surface area contributed by atoms with Crippen LogP contribution in [0.5, 0.6) is 0 Å². The summed E-state index contributed by atoms with van der Waals surface area (Å²) in [6, 6.07) is 9.40. The molecule has 4 nitrogen and oxygen atoms in total. The lowest BCUT2D eigenvalue weighted by atomic mass is 9.95. The van der Waals surface area contributed by atoms with Gasteiger partial charge >= 0.3 is 8.17 Å². The van der Waals surface area contributed by atoms with Gasteiger partial charge in [0.1, 0.15) is 0 Å². The number of benzene rings is 1. The molecule has 0 spiro atoms. The van der Waals surface area contributed by atoms with E-state index in [9.17, 15) is 9.79 Å². The van der Waals surface area contributed by atoms with Gasteiger partial charge in [0, 0.05) is 0 Å². The van der Waals surface area contributed by atoms with Crippen molar-refractivity contribution in [3.63, 3.8) is 0 Å². The van der Waals surface area contributed by atoms with E-state index in [2.05, 4.69) is 0 Å². The van der Waals surface area contributed by atoms with E-state index >= 15 is 0 Å². The van der Waals surface area contributed by atoms with E-state index in [4.69, 9.17) is 9.05 Å². The number of rotatable bonds is 1. The molecule has 0 aromatic heterocycles. The molecule has 0 saturated carbocycles. The summed E-state index contributed by atoms with van der Waals surface area (Å²) in [6.07, 6.45) is -0.443. The van der Waals surface area contributed by atoms with E-state index in [-0.39, 0.29) is 0 Å². The highest BCUT2D eigenvalue weighted by atomic mass is 31.2. The Morgan fingerprint density at radius 2 is 1.80 bits per heavy atom. The third kappa shape index (κ3) is 2.19. The normalized spacial score (nSPS) is 27.9. The molecule has 1 saturated heterocycles. The molecule has 0 aliphatic carbocycles. The molecule has 0 radical (unpaired) electrons. The van der Waals surface area contributed by atoms with Crippen LogP contribution in [0.25, 0.3) is 0 Å². The Labute approximate surface area is 89.1 Å². The van der Waals surface area contributed by atoms with Crippen LogP contribution in [0.1, 0.15) is 25.5 Å². The van der Waals surface area contributed by atoms with E-state index in [0.717, 1.165) is 5.56 Å². The second kappa shape index (κ2) is 3.51. The molecule has 5 heteroatoms. The summed E-state index contributed by atoms with van der Waals surface area (Å²) in [5.74, 6) is 0. The van der Waals surface area contributed by atoms with E-state index in [1.165, 1.54) is 0 Å². The molecule has 1 aromatic rings. The topological polar surface area (TPSA) is 58.9 Å².